The van der Waals surface area contributed by atoms with Crippen molar-refractivity contribution in [2.45, 2.75) is 44.1 Å². The number of aromatic amines is 1. The Labute approximate surface area is 128 Å². The summed E-state index contributed by atoms with van der Waals surface area (Å²) < 4.78 is 0. The van der Waals surface area contributed by atoms with Gasteiger partial charge in [-0.15, -0.1) is 0 Å². The van der Waals surface area contributed by atoms with E-state index in [1.807, 2.05) is 6.07 Å². The molecular formula is C17H19N3O2. The number of hydrogen-bond acceptors (Lipinski definition) is 4. The molecule has 0 saturated heterocycles. The zero-order chi connectivity index (χ0) is 14.9. The second kappa shape index (κ2) is 3.96. The first-order chi connectivity index (χ1) is 10.6. The smallest absolute Gasteiger partial charge is 0.188 e. The Bertz CT molecular complexity index is 767. The maximum Gasteiger partial charge on any atom is 0.188 e. The first kappa shape index (κ1) is 12.8. The number of nitrogens with zero attached hydrogens (tertiary/aromatic N) is 2. The van der Waals surface area contributed by atoms with E-state index >= 15 is 0 Å². The molecule has 2 atom stereocenters. The van der Waals surface area contributed by atoms with Crippen LogP contribution in [0.25, 0.3) is 11.0 Å². The molecule has 22 heavy (non-hydrogen) atoms. The summed E-state index contributed by atoms with van der Waals surface area (Å²) in [6.45, 7) is 0. The molecule has 0 aromatic carbocycles. The minimum atomic E-state index is -0.621. The minimum Gasteiger partial charge on any atom is -0.390 e. The van der Waals surface area contributed by atoms with E-state index in [4.69, 9.17) is 0 Å². The van der Waals surface area contributed by atoms with Crippen LogP contribution in [0.4, 0.5) is 0 Å². The lowest BCUT2D eigenvalue weighted by Crippen LogP contribution is -2.58. The van der Waals surface area contributed by atoms with Gasteiger partial charge in [0.15, 0.2) is 5.78 Å². The molecule has 0 spiro atoms. The second-order valence-electron chi connectivity index (χ2n) is 7.76. The van der Waals surface area contributed by atoms with Gasteiger partial charge in [0.25, 0.3) is 0 Å². The predicted molar refractivity (Wildman–Crippen MR) is 80.3 cm³/mol. The fourth-order valence-corrected chi connectivity index (χ4v) is 5.78. The highest BCUT2D eigenvalue weighted by atomic mass is 16.3. The molecule has 4 aliphatic carbocycles. The lowest BCUT2D eigenvalue weighted by Gasteiger charge is -2.59. The predicted octanol–water partition coefficient (Wildman–Crippen LogP) is 2.47. The summed E-state index contributed by atoms with van der Waals surface area (Å²) in [6.07, 6.45) is 8.64. The molecule has 4 bridgehead atoms. The van der Waals surface area contributed by atoms with E-state index in [0.29, 0.717) is 29.6 Å². The quantitative estimate of drug-likeness (QED) is 0.835. The fourth-order valence-electron chi connectivity index (χ4n) is 5.78. The van der Waals surface area contributed by atoms with Gasteiger partial charge >= 0.3 is 0 Å². The summed E-state index contributed by atoms with van der Waals surface area (Å²) >= 11 is 0. The largest absolute Gasteiger partial charge is 0.390 e. The Balaban J connectivity index is 1.62. The van der Waals surface area contributed by atoms with Crippen LogP contribution < -0.4 is 0 Å². The molecule has 5 heteroatoms. The number of H-pyrrole nitrogens is 1. The number of fused-ring (bicyclic) bond motifs is 1. The van der Waals surface area contributed by atoms with Crippen LogP contribution in [0.15, 0.2) is 18.6 Å². The lowest BCUT2D eigenvalue weighted by atomic mass is 9.46. The van der Waals surface area contributed by atoms with E-state index in [1.54, 1.807) is 6.20 Å². The molecule has 2 heterocycles. The van der Waals surface area contributed by atoms with E-state index in [9.17, 15) is 9.90 Å². The molecule has 2 aromatic heterocycles. The average Bonchev–Trinajstić information content (AvgIpc) is 2.92. The molecule has 4 aliphatic rings. The number of rotatable bonds is 2. The van der Waals surface area contributed by atoms with Crippen LogP contribution >= 0.6 is 0 Å². The summed E-state index contributed by atoms with van der Waals surface area (Å²) in [5.74, 6) is 1.12. The van der Waals surface area contributed by atoms with Crippen molar-refractivity contribution in [3.63, 3.8) is 0 Å². The zero-order valence-electron chi connectivity index (χ0n) is 12.4. The van der Waals surface area contributed by atoms with Crippen molar-refractivity contribution in [2.75, 3.05) is 0 Å². The summed E-state index contributed by atoms with van der Waals surface area (Å²) in [4.78, 5) is 24.9. The minimum absolute atomic E-state index is 0.118. The van der Waals surface area contributed by atoms with Gasteiger partial charge in [-0.2, -0.15) is 0 Å². The molecule has 2 unspecified atom stereocenters. The first-order valence-corrected chi connectivity index (χ1v) is 8.12. The van der Waals surface area contributed by atoms with Gasteiger partial charge in [0.1, 0.15) is 17.7 Å². The first-order valence-electron chi connectivity index (χ1n) is 8.12. The maximum atomic E-state index is 13.3. The molecule has 6 rings (SSSR count). The maximum absolute atomic E-state index is 13.3. The van der Waals surface area contributed by atoms with Gasteiger partial charge in [-0.05, 0) is 56.4 Å². The normalized spacial score (nSPS) is 39.5. The summed E-state index contributed by atoms with van der Waals surface area (Å²) in [5, 5.41) is 11.6. The van der Waals surface area contributed by atoms with E-state index in [0.717, 1.165) is 31.1 Å². The molecule has 114 valence electrons. The SMILES string of the molecule is O=C(c1ncnc2[nH]ccc12)C12CC3CC(CC(O)(C3)C1)C2. The highest BCUT2D eigenvalue weighted by Crippen LogP contribution is 2.62. The van der Waals surface area contributed by atoms with Crippen LogP contribution in [0.1, 0.15) is 49.0 Å². The van der Waals surface area contributed by atoms with Crippen molar-refractivity contribution in [1.82, 2.24) is 15.0 Å². The molecule has 0 radical (unpaired) electrons. The summed E-state index contributed by atoms with van der Waals surface area (Å²) in [5.41, 5.74) is 0.208. The second-order valence-corrected chi connectivity index (χ2v) is 7.76. The lowest BCUT2D eigenvalue weighted by molar-refractivity contribution is -0.148. The number of hydrogen-bond donors (Lipinski definition) is 2. The molecule has 4 fully saturated rings. The zero-order valence-corrected chi connectivity index (χ0v) is 12.4. The molecular weight excluding hydrogens is 278 g/mol. The van der Waals surface area contributed by atoms with Gasteiger partial charge in [-0.25, -0.2) is 9.97 Å². The van der Waals surface area contributed by atoms with Crippen LogP contribution in [0.2, 0.25) is 0 Å². The monoisotopic (exact) mass is 297 g/mol. The standard InChI is InChI=1S/C17H19N3O2/c21-14(13-12-1-2-18-15(12)20-9-19-13)16-4-10-3-11(5-16)7-17(22,6-10)8-16/h1-2,9-11,22H,3-8H2,(H,18,19,20). The Hall–Kier alpha value is -1.75. The third kappa shape index (κ3) is 1.60. The number of aromatic nitrogens is 3. The van der Waals surface area contributed by atoms with Crippen molar-refractivity contribution in [3.8, 4) is 0 Å². The molecule has 4 saturated carbocycles. The Morgan fingerprint density at radius 3 is 2.73 bits per heavy atom. The van der Waals surface area contributed by atoms with E-state index in [1.165, 1.54) is 12.7 Å². The molecule has 5 nitrogen and oxygen atoms in total. The van der Waals surface area contributed by atoms with Crippen molar-refractivity contribution < 1.29 is 9.90 Å². The van der Waals surface area contributed by atoms with Gasteiger partial charge in [-0.3, -0.25) is 4.79 Å². The molecule has 0 amide bonds. The number of carbonyl (C=O) groups excluding carboxylic acids is 1. The van der Waals surface area contributed by atoms with Crippen molar-refractivity contribution in [2.24, 2.45) is 17.3 Å². The van der Waals surface area contributed by atoms with Crippen LogP contribution in [0.3, 0.4) is 0 Å². The Morgan fingerprint density at radius 2 is 2.00 bits per heavy atom. The van der Waals surface area contributed by atoms with Gasteiger partial charge in [0.05, 0.1) is 5.60 Å². The third-order valence-corrected chi connectivity index (χ3v) is 6.08. The van der Waals surface area contributed by atoms with Crippen molar-refractivity contribution in [3.05, 3.63) is 24.3 Å². The number of Topliss-reactive ketones (excluding diaryl/α,β-unsaturated/α-hetero) is 1. The van der Waals surface area contributed by atoms with Gasteiger partial charge in [0.2, 0.25) is 0 Å². The highest BCUT2D eigenvalue weighted by molar-refractivity contribution is 6.08. The average molecular weight is 297 g/mol. The fraction of sp³-hybridized carbons (Fsp3) is 0.588. The van der Waals surface area contributed by atoms with E-state index < -0.39 is 11.0 Å². The summed E-state index contributed by atoms with van der Waals surface area (Å²) in [6, 6.07) is 1.87. The molecule has 0 aliphatic heterocycles. The van der Waals surface area contributed by atoms with Crippen molar-refractivity contribution >= 4 is 16.8 Å². The molecule has 2 N–H and O–H groups in total. The van der Waals surface area contributed by atoms with Crippen LogP contribution in [0.5, 0.6) is 0 Å². The Kier molecular flexibility index (Phi) is 2.30. The number of nitrogens with one attached hydrogen (secondary N) is 1. The van der Waals surface area contributed by atoms with Crippen LogP contribution in [-0.2, 0) is 0 Å². The van der Waals surface area contributed by atoms with Crippen LogP contribution in [-0.4, -0.2) is 31.4 Å². The van der Waals surface area contributed by atoms with Gasteiger partial charge in [0, 0.05) is 17.0 Å². The highest BCUT2D eigenvalue weighted by Gasteiger charge is 2.60. The number of aliphatic hydroxyl groups is 1. The van der Waals surface area contributed by atoms with Gasteiger partial charge < -0.3 is 10.1 Å². The third-order valence-electron chi connectivity index (χ3n) is 6.08. The number of ketones is 1. The summed E-state index contributed by atoms with van der Waals surface area (Å²) in [7, 11) is 0. The molecule has 2 aromatic rings. The Morgan fingerprint density at radius 1 is 1.23 bits per heavy atom. The van der Waals surface area contributed by atoms with E-state index in [-0.39, 0.29) is 5.78 Å². The van der Waals surface area contributed by atoms with E-state index in [2.05, 4.69) is 15.0 Å². The topological polar surface area (TPSA) is 78.9 Å². The van der Waals surface area contributed by atoms with Crippen LogP contribution in [0, 0.1) is 17.3 Å². The van der Waals surface area contributed by atoms with Gasteiger partial charge in [-0.1, -0.05) is 0 Å². The van der Waals surface area contributed by atoms with Crippen molar-refractivity contribution in [1.29, 1.82) is 0 Å². The number of carbonyl (C=O) groups is 1.